The van der Waals surface area contributed by atoms with Crippen molar-refractivity contribution in [3.63, 3.8) is 0 Å². The first-order valence-corrected chi connectivity index (χ1v) is 10.4. The van der Waals surface area contributed by atoms with Crippen LogP contribution in [0, 0.1) is 0 Å². The van der Waals surface area contributed by atoms with E-state index in [1.54, 1.807) is 0 Å². The summed E-state index contributed by atoms with van der Waals surface area (Å²) in [7, 11) is -4.50. The minimum absolute atomic E-state index is 0.0786. The Balaban J connectivity index is 1.88. The molecule has 168 valence electrons. The molecular formula is C18H18F3N3O6S. The Kier molecular flexibility index (Phi) is 6.38. The largest absolute Gasteiger partial charge is 0.573 e. The van der Waals surface area contributed by atoms with Gasteiger partial charge in [-0.15, -0.1) is 13.2 Å². The van der Waals surface area contributed by atoms with Crippen LogP contribution in [0.5, 0.6) is 5.75 Å². The highest BCUT2D eigenvalue weighted by Gasteiger charge is 2.35. The molecule has 3 rings (SSSR count). The van der Waals surface area contributed by atoms with Crippen molar-refractivity contribution in [1.82, 2.24) is 10.3 Å². The van der Waals surface area contributed by atoms with Crippen molar-refractivity contribution < 1.29 is 41.0 Å². The number of halogens is 3. The van der Waals surface area contributed by atoms with E-state index in [2.05, 4.69) is 15.0 Å². The normalized spacial score (nSPS) is 19.6. The van der Waals surface area contributed by atoms with Crippen LogP contribution in [-0.4, -0.2) is 56.1 Å². The summed E-state index contributed by atoms with van der Waals surface area (Å²) >= 11 is 0. The number of aliphatic hydroxyl groups is 1. The molecule has 1 aliphatic rings. The van der Waals surface area contributed by atoms with Gasteiger partial charge in [-0.05, 0) is 24.6 Å². The SMILES string of the molecule is Nc1cc(S(=O)(=O)c2ccccc2OC(F)(F)F)cnc1C(=O)N[C@@H]1COCC[C@@H]1O. The van der Waals surface area contributed by atoms with Gasteiger partial charge in [-0.25, -0.2) is 13.4 Å². The van der Waals surface area contributed by atoms with Crippen LogP contribution in [0.1, 0.15) is 16.9 Å². The van der Waals surface area contributed by atoms with Crippen molar-refractivity contribution in [1.29, 1.82) is 0 Å². The number of nitrogens with two attached hydrogens (primary N) is 1. The maximum Gasteiger partial charge on any atom is 0.573 e. The number of carbonyl (C=O) groups is 1. The van der Waals surface area contributed by atoms with Crippen molar-refractivity contribution in [3.05, 3.63) is 42.2 Å². The molecular weight excluding hydrogens is 443 g/mol. The van der Waals surface area contributed by atoms with Gasteiger partial charge in [0.05, 0.1) is 29.3 Å². The molecule has 0 saturated carbocycles. The van der Waals surface area contributed by atoms with Crippen LogP contribution in [-0.2, 0) is 14.6 Å². The molecule has 31 heavy (non-hydrogen) atoms. The second-order valence-electron chi connectivity index (χ2n) is 6.62. The first-order chi connectivity index (χ1) is 14.5. The molecule has 1 fully saturated rings. The number of hydrogen-bond donors (Lipinski definition) is 3. The zero-order valence-electron chi connectivity index (χ0n) is 15.8. The van der Waals surface area contributed by atoms with Gasteiger partial charge < -0.3 is 25.6 Å². The molecule has 4 N–H and O–H groups in total. The number of rotatable bonds is 5. The average Bonchev–Trinajstić information content (AvgIpc) is 2.68. The van der Waals surface area contributed by atoms with Gasteiger partial charge in [-0.1, -0.05) is 12.1 Å². The number of nitrogen functional groups attached to an aromatic ring is 1. The molecule has 9 nitrogen and oxygen atoms in total. The number of amides is 1. The van der Waals surface area contributed by atoms with Crippen LogP contribution in [0.3, 0.4) is 0 Å². The lowest BCUT2D eigenvalue weighted by molar-refractivity contribution is -0.275. The molecule has 13 heteroatoms. The van der Waals surface area contributed by atoms with E-state index < -0.39 is 49.8 Å². The Bertz CT molecular complexity index is 1080. The van der Waals surface area contributed by atoms with Crippen molar-refractivity contribution in [2.75, 3.05) is 18.9 Å². The maximum absolute atomic E-state index is 12.8. The van der Waals surface area contributed by atoms with E-state index in [0.717, 1.165) is 24.4 Å². The minimum Gasteiger partial charge on any atom is -0.404 e. The summed E-state index contributed by atoms with van der Waals surface area (Å²) in [5.41, 5.74) is 5.15. The highest BCUT2D eigenvalue weighted by atomic mass is 32.2. The van der Waals surface area contributed by atoms with Crippen LogP contribution in [0.25, 0.3) is 0 Å². The molecule has 1 saturated heterocycles. The van der Waals surface area contributed by atoms with Crippen molar-refractivity contribution in [2.24, 2.45) is 0 Å². The number of aromatic nitrogens is 1. The number of anilines is 1. The third-order valence-electron chi connectivity index (χ3n) is 4.42. The van der Waals surface area contributed by atoms with Crippen LogP contribution in [0.2, 0.25) is 0 Å². The number of aliphatic hydroxyl groups excluding tert-OH is 1. The number of para-hydroxylation sites is 1. The van der Waals surface area contributed by atoms with E-state index in [4.69, 9.17) is 10.5 Å². The maximum atomic E-state index is 12.8. The van der Waals surface area contributed by atoms with Crippen molar-refractivity contribution in [2.45, 2.75) is 34.7 Å². The summed E-state index contributed by atoms with van der Waals surface area (Å²) in [5, 5.41) is 12.4. The van der Waals surface area contributed by atoms with Gasteiger partial charge in [0.2, 0.25) is 9.84 Å². The van der Waals surface area contributed by atoms with Gasteiger partial charge in [0.1, 0.15) is 10.6 Å². The van der Waals surface area contributed by atoms with Crippen molar-refractivity contribution in [3.8, 4) is 5.75 Å². The fourth-order valence-corrected chi connectivity index (χ4v) is 4.27. The third kappa shape index (κ3) is 5.24. The second kappa shape index (κ2) is 8.69. The Morgan fingerprint density at radius 2 is 2.03 bits per heavy atom. The first-order valence-electron chi connectivity index (χ1n) is 8.91. The summed E-state index contributed by atoms with van der Waals surface area (Å²) in [6.45, 7) is 0.426. The summed E-state index contributed by atoms with van der Waals surface area (Å²) in [5.74, 6) is -1.68. The second-order valence-corrected chi connectivity index (χ2v) is 8.54. The fourth-order valence-electron chi connectivity index (χ4n) is 2.91. The van der Waals surface area contributed by atoms with Gasteiger partial charge in [-0.2, -0.15) is 0 Å². The number of hydrogen-bond acceptors (Lipinski definition) is 8. The van der Waals surface area contributed by atoms with Gasteiger partial charge in [0.25, 0.3) is 5.91 Å². The lowest BCUT2D eigenvalue weighted by Crippen LogP contribution is -2.49. The Labute approximate surface area is 174 Å². The van der Waals surface area contributed by atoms with E-state index in [9.17, 15) is 31.5 Å². The number of benzene rings is 1. The van der Waals surface area contributed by atoms with Crippen LogP contribution < -0.4 is 15.8 Å². The minimum atomic E-state index is -5.10. The quantitative estimate of drug-likeness (QED) is 0.605. The Morgan fingerprint density at radius 3 is 2.68 bits per heavy atom. The monoisotopic (exact) mass is 461 g/mol. The molecule has 1 aromatic heterocycles. The first kappa shape index (κ1) is 22.8. The molecule has 1 amide bonds. The topological polar surface area (TPSA) is 141 Å². The summed E-state index contributed by atoms with van der Waals surface area (Å²) in [6, 6.07) is 4.43. The Hall–Kier alpha value is -2.90. The number of carbonyl (C=O) groups excluding carboxylic acids is 1. The molecule has 0 radical (unpaired) electrons. The summed E-state index contributed by atoms with van der Waals surface area (Å²) in [4.78, 5) is 14.9. The molecule has 2 heterocycles. The zero-order valence-corrected chi connectivity index (χ0v) is 16.6. The lowest BCUT2D eigenvalue weighted by Gasteiger charge is -2.28. The van der Waals surface area contributed by atoms with E-state index in [1.165, 1.54) is 12.1 Å². The van der Waals surface area contributed by atoms with Gasteiger partial charge in [0.15, 0.2) is 5.69 Å². The number of nitrogens with one attached hydrogen (secondary N) is 1. The molecule has 0 bridgehead atoms. The van der Waals surface area contributed by atoms with Gasteiger partial charge in [-0.3, -0.25) is 4.79 Å². The number of alkyl halides is 3. The molecule has 1 aromatic carbocycles. The number of nitrogens with zero attached hydrogens (tertiary/aromatic N) is 1. The average molecular weight is 461 g/mol. The van der Waals surface area contributed by atoms with Gasteiger partial charge in [0, 0.05) is 12.8 Å². The zero-order chi connectivity index (χ0) is 22.8. The van der Waals surface area contributed by atoms with E-state index in [-0.39, 0.29) is 18.0 Å². The molecule has 0 aliphatic carbocycles. The number of ether oxygens (including phenoxy) is 2. The Morgan fingerprint density at radius 1 is 1.32 bits per heavy atom. The molecule has 2 aromatic rings. The molecule has 0 unspecified atom stereocenters. The third-order valence-corrected chi connectivity index (χ3v) is 6.18. The lowest BCUT2D eigenvalue weighted by atomic mass is 10.1. The fraction of sp³-hybridized carbons (Fsp3) is 0.333. The van der Waals surface area contributed by atoms with E-state index in [0.29, 0.717) is 13.0 Å². The summed E-state index contributed by atoms with van der Waals surface area (Å²) in [6.07, 6.45) is -4.80. The highest BCUT2D eigenvalue weighted by Crippen LogP contribution is 2.33. The standard InChI is InChI=1S/C18H18F3N3O6S/c19-18(20,21)30-14-3-1-2-4-15(14)31(27,28)10-7-11(22)16(23-8-10)17(26)24-12-9-29-6-5-13(12)25/h1-4,7-8,12-13,25H,5-6,9,22H2,(H,24,26)/t12-,13+/m1/s1. The number of sulfone groups is 1. The van der Waals surface area contributed by atoms with Gasteiger partial charge >= 0.3 is 6.36 Å². The summed E-state index contributed by atoms with van der Waals surface area (Å²) < 4.78 is 72.5. The molecule has 0 spiro atoms. The predicted octanol–water partition coefficient (Wildman–Crippen LogP) is 1.27. The molecule has 1 aliphatic heterocycles. The smallest absolute Gasteiger partial charge is 0.404 e. The van der Waals surface area contributed by atoms with E-state index >= 15 is 0 Å². The number of pyridine rings is 1. The van der Waals surface area contributed by atoms with Crippen LogP contribution in [0.15, 0.2) is 46.3 Å². The van der Waals surface area contributed by atoms with E-state index in [1.807, 2.05) is 0 Å². The molecule has 2 atom stereocenters. The predicted molar refractivity (Wildman–Crippen MR) is 99.9 cm³/mol. The van der Waals surface area contributed by atoms with Crippen LogP contribution in [0.4, 0.5) is 18.9 Å². The highest BCUT2D eigenvalue weighted by molar-refractivity contribution is 7.91. The van der Waals surface area contributed by atoms with Crippen molar-refractivity contribution >= 4 is 21.4 Å². The van der Waals surface area contributed by atoms with Crippen LogP contribution >= 0.6 is 0 Å².